The van der Waals surface area contributed by atoms with E-state index in [0.29, 0.717) is 6.04 Å². The number of fused-ring (bicyclic) bond motifs is 1. The molecule has 116 valence electrons. The molecule has 0 amide bonds. The fourth-order valence-electron chi connectivity index (χ4n) is 2.65. The lowest BCUT2D eigenvalue weighted by molar-refractivity contribution is 0.480. The van der Waals surface area contributed by atoms with Crippen LogP contribution in [0, 0.1) is 0 Å². The van der Waals surface area contributed by atoms with E-state index < -0.39 is 0 Å². The van der Waals surface area contributed by atoms with Crippen molar-refractivity contribution < 1.29 is 0 Å². The normalized spacial score (nSPS) is 12.9. The number of aromatic nitrogens is 3. The summed E-state index contributed by atoms with van der Waals surface area (Å²) < 4.78 is 2.07. The Morgan fingerprint density at radius 2 is 2.00 bits per heavy atom. The van der Waals surface area contributed by atoms with Gasteiger partial charge in [-0.3, -0.25) is 4.40 Å². The predicted octanol–water partition coefficient (Wildman–Crippen LogP) is 3.61. The molecule has 0 saturated carbocycles. The van der Waals surface area contributed by atoms with Crippen molar-refractivity contribution in [3.05, 3.63) is 30.2 Å². The summed E-state index contributed by atoms with van der Waals surface area (Å²) in [5, 5.41) is 12.0. The number of nitrogens with one attached hydrogen (secondary N) is 1. The Labute approximate surface area is 128 Å². The number of nitrogens with zero attached hydrogens (tertiary/aromatic N) is 3. The third kappa shape index (κ3) is 5.12. The molecular weight excluding hydrogens is 260 g/mol. The summed E-state index contributed by atoms with van der Waals surface area (Å²) in [5.74, 6) is 1.04. The van der Waals surface area contributed by atoms with Crippen molar-refractivity contribution in [3.8, 4) is 0 Å². The summed E-state index contributed by atoms with van der Waals surface area (Å²) in [4.78, 5) is 0. The zero-order chi connectivity index (χ0) is 14.9. The van der Waals surface area contributed by atoms with Crippen molar-refractivity contribution in [3.63, 3.8) is 0 Å². The highest BCUT2D eigenvalue weighted by Gasteiger charge is 2.05. The van der Waals surface area contributed by atoms with E-state index in [9.17, 15) is 0 Å². The lowest BCUT2D eigenvalue weighted by Crippen LogP contribution is -2.28. The van der Waals surface area contributed by atoms with Gasteiger partial charge < -0.3 is 5.32 Å². The number of hydrogen-bond acceptors (Lipinski definition) is 3. The molecule has 0 aliphatic carbocycles. The van der Waals surface area contributed by atoms with Crippen LogP contribution < -0.4 is 5.32 Å². The van der Waals surface area contributed by atoms with Gasteiger partial charge in [-0.25, -0.2) is 0 Å². The van der Waals surface area contributed by atoms with Gasteiger partial charge in [-0.1, -0.05) is 45.1 Å². The van der Waals surface area contributed by atoms with Crippen molar-refractivity contribution in [1.29, 1.82) is 0 Å². The van der Waals surface area contributed by atoms with Crippen LogP contribution in [0.15, 0.2) is 24.4 Å². The second-order valence-electron chi connectivity index (χ2n) is 5.85. The SMILES string of the molecule is CCCCCCCC(C)NCCc1nnc2ccccn12. The summed E-state index contributed by atoms with van der Waals surface area (Å²) in [6, 6.07) is 6.59. The number of hydrogen-bond donors (Lipinski definition) is 1. The number of rotatable bonds is 10. The highest BCUT2D eigenvalue weighted by atomic mass is 15.2. The zero-order valence-corrected chi connectivity index (χ0v) is 13.4. The van der Waals surface area contributed by atoms with Crippen LogP contribution in [-0.4, -0.2) is 27.2 Å². The number of unbranched alkanes of at least 4 members (excludes halogenated alkanes) is 4. The summed E-state index contributed by atoms with van der Waals surface area (Å²) in [5.41, 5.74) is 0.927. The third-order valence-corrected chi connectivity index (χ3v) is 3.97. The van der Waals surface area contributed by atoms with E-state index in [-0.39, 0.29) is 0 Å². The van der Waals surface area contributed by atoms with E-state index in [4.69, 9.17) is 0 Å². The second kappa shape index (κ2) is 8.78. The molecule has 4 heteroatoms. The van der Waals surface area contributed by atoms with Gasteiger partial charge in [-0.15, -0.1) is 10.2 Å². The Hall–Kier alpha value is -1.42. The largest absolute Gasteiger partial charge is 0.314 e. The van der Waals surface area contributed by atoms with Crippen LogP contribution in [0.1, 0.15) is 58.2 Å². The molecule has 0 aliphatic heterocycles. The van der Waals surface area contributed by atoms with Crippen molar-refractivity contribution in [1.82, 2.24) is 19.9 Å². The molecule has 1 N–H and O–H groups in total. The minimum absolute atomic E-state index is 0.589. The molecule has 0 spiro atoms. The molecule has 0 saturated heterocycles. The van der Waals surface area contributed by atoms with Crippen LogP contribution in [0.3, 0.4) is 0 Å². The quantitative estimate of drug-likeness (QED) is 0.679. The predicted molar refractivity (Wildman–Crippen MR) is 87.5 cm³/mol. The van der Waals surface area contributed by atoms with Crippen molar-refractivity contribution >= 4 is 5.65 Å². The Morgan fingerprint density at radius 3 is 2.86 bits per heavy atom. The van der Waals surface area contributed by atoms with Gasteiger partial charge in [0.15, 0.2) is 5.65 Å². The topological polar surface area (TPSA) is 42.2 Å². The van der Waals surface area contributed by atoms with Gasteiger partial charge in [-0.2, -0.15) is 0 Å². The standard InChI is InChI=1S/C17H28N4/c1-3-4-5-6-7-10-15(2)18-13-12-17-20-19-16-11-8-9-14-21(16)17/h8-9,11,14-15,18H,3-7,10,12-13H2,1-2H3. The van der Waals surface area contributed by atoms with E-state index in [1.54, 1.807) is 0 Å². The Balaban J connectivity index is 1.65. The Morgan fingerprint density at radius 1 is 1.14 bits per heavy atom. The van der Waals surface area contributed by atoms with Crippen molar-refractivity contribution in [2.75, 3.05) is 6.54 Å². The first-order valence-electron chi connectivity index (χ1n) is 8.33. The maximum Gasteiger partial charge on any atom is 0.160 e. The molecule has 4 nitrogen and oxygen atoms in total. The molecule has 1 unspecified atom stereocenters. The van der Waals surface area contributed by atoms with Gasteiger partial charge in [0.2, 0.25) is 0 Å². The van der Waals surface area contributed by atoms with Crippen LogP contribution in [0.4, 0.5) is 0 Å². The van der Waals surface area contributed by atoms with Crippen LogP contribution in [0.5, 0.6) is 0 Å². The molecule has 0 radical (unpaired) electrons. The molecule has 21 heavy (non-hydrogen) atoms. The zero-order valence-electron chi connectivity index (χ0n) is 13.4. The van der Waals surface area contributed by atoms with Gasteiger partial charge in [0, 0.05) is 25.2 Å². The maximum absolute atomic E-state index is 4.26. The van der Waals surface area contributed by atoms with Gasteiger partial charge in [-0.05, 0) is 25.5 Å². The maximum atomic E-state index is 4.26. The first-order valence-corrected chi connectivity index (χ1v) is 8.33. The Bertz CT molecular complexity index is 520. The summed E-state index contributed by atoms with van der Waals surface area (Å²) in [6.45, 7) is 5.51. The number of pyridine rings is 1. The molecule has 1 atom stereocenters. The van der Waals surface area contributed by atoms with E-state index >= 15 is 0 Å². The van der Waals surface area contributed by atoms with Crippen LogP contribution in [0.2, 0.25) is 0 Å². The molecule has 0 bridgehead atoms. The molecule has 0 fully saturated rings. The van der Waals surface area contributed by atoms with Crippen LogP contribution >= 0.6 is 0 Å². The minimum Gasteiger partial charge on any atom is -0.314 e. The fourth-order valence-corrected chi connectivity index (χ4v) is 2.65. The molecule has 0 aliphatic rings. The lowest BCUT2D eigenvalue weighted by atomic mass is 10.1. The van der Waals surface area contributed by atoms with Crippen molar-refractivity contribution in [2.45, 2.75) is 64.8 Å². The van der Waals surface area contributed by atoms with E-state index in [2.05, 4.69) is 33.8 Å². The highest BCUT2D eigenvalue weighted by Crippen LogP contribution is 2.07. The first kappa shape index (κ1) is 16.0. The highest BCUT2D eigenvalue weighted by molar-refractivity contribution is 5.36. The monoisotopic (exact) mass is 288 g/mol. The van der Waals surface area contributed by atoms with E-state index in [1.165, 1.54) is 38.5 Å². The first-order chi connectivity index (χ1) is 10.3. The summed E-state index contributed by atoms with van der Waals surface area (Å²) in [7, 11) is 0. The summed E-state index contributed by atoms with van der Waals surface area (Å²) in [6.07, 6.45) is 11.0. The summed E-state index contributed by atoms with van der Waals surface area (Å²) >= 11 is 0. The van der Waals surface area contributed by atoms with Gasteiger partial charge in [0.25, 0.3) is 0 Å². The second-order valence-corrected chi connectivity index (χ2v) is 5.85. The lowest BCUT2D eigenvalue weighted by Gasteiger charge is -2.13. The van der Waals surface area contributed by atoms with Gasteiger partial charge in [0.1, 0.15) is 5.82 Å². The van der Waals surface area contributed by atoms with E-state index in [1.807, 2.05) is 24.4 Å². The molecule has 2 aromatic rings. The average Bonchev–Trinajstić information content (AvgIpc) is 2.91. The van der Waals surface area contributed by atoms with Crippen molar-refractivity contribution in [2.24, 2.45) is 0 Å². The van der Waals surface area contributed by atoms with Gasteiger partial charge in [0.05, 0.1) is 0 Å². The molecule has 2 heterocycles. The fraction of sp³-hybridized carbons (Fsp3) is 0.647. The minimum atomic E-state index is 0.589. The average molecular weight is 288 g/mol. The smallest absolute Gasteiger partial charge is 0.160 e. The molecule has 0 aromatic carbocycles. The van der Waals surface area contributed by atoms with Gasteiger partial charge >= 0.3 is 0 Å². The molecule has 2 rings (SSSR count). The third-order valence-electron chi connectivity index (χ3n) is 3.97. The van der Waals surface area contributed by atoms with E-state index in [0.717, 1.165) is 24.4 Å². The molecular formula is C17H28N4. The molecule has 2 aromatic heterocycles. The Kier molecular flexibility index (Phi) is 6.67. The van der Waals surface area contributed by atoms with Crippen LogP contribution in [0.25, 0.3) is 5.65 Å². The van der Waals surface area contributed by atoms with Crippen LogP contribution in [-0.2, 0) is 6.42 Å².